The molecule has 0 N–H and O–H groups in total. The molecule has 0 unspecified atom stereocenters. The van der Waals surface area contributed by atoms with E-state index in [0.29, 0.717) is 0 Å². The number of carbonyl (C=O) groups excluding carboxylic acids is 2. The van der Waals surface area contributed by atoms with Crippen LogP contribution in [0, 0.1) is 5.82 Å². The number of halogens is 5. The van der Waals surface area contributed by atoms with E-state index in [-0.39, 0.29) is 59.0 Å². The van der Waals surface area contributed by atoms with E-state index < -0.39 is 23.1 Å². The quantitative estimate of drug-likeness (QED) is 0.507. The second-order valence-corrected chi connectivity index (χ2v) is 7.77. The molecule has 1 aliphatic rings. The van der Waals surface area contributed by atoms with E-state index in [1.807, 2.05) is 0 Å². The number of benzene rings is 2. The van der Waals surface area contributed by atoms with Gasteiger partial charge in [0, 0.05) is 31.1 Å². The van der Waals surface area contributed by atoms with Crippen LogP contribution in [0.3, 0.4) is 0 Å². The summed E-state index contributed by atoms with van der Waals surface area (Å²) < 4.78 is 51.4. The summed E-state index contributed by atoms with van der Waals surface area (Å²) in [6.07, 6.45) is 0. The molecule has 0 atom stereocenters. The second-order valence-electron chi connectivity index (χ2n) is 6.25. The van der Waals surface area contributed by atoms with Crippen molar-refractivity contribution in [3.05, 3.63) is 64.4 Å². The third kappa shape index (κ3) is 5.22. The van der Waals surface area contributed by atoms with Gasteiger partial charge in [-0.15, -0.1) is 0 Å². The molecule has 1 fully saturated rings. The first-order chi connectivity index (χ1) is 13.7. The van der Waals surface area contributed by atoms with Crippen LogP contribution in [0.2, 0.25) is 5.02 Å². The Morgan fingerprint density at radius 1 is 0.897 bits per heavy atom. The summed E-state index contributed by atoms with van der Waals surface area (Å²) in [5, 5.41) is -0.00777. The zero-order valence-corrected chi connectivity index (χ0v) is 16.5. The molecule has 154 valence electrons. The highest BCUT2D eigenvalue weighted by Crippen LogP contribution is 2.38. The van der Waals surface area contributed by atoms with Crippen LogP contribution in [-0.4, -0.2) is 53.3 Å². The zero-order chi connectivity index (χ0) is 21.2. The molecule has 1 heterocycles. The molecule has 2 aromatic rings. The lowest BCUT2D eigenvalue weighted by Gasteiger charge is -2.35. The fourth-order valence-electron chi connectivity index (χ4n) is 2.97. The van der Waals surface area contributed by atoms with Gasteiger partial charge >= 0.3 is 5.51 Å². The molecule has 4 nitrogen and oxygen atoms in total. The van der Waals surface area contributed by atoms with E-state index in [9.17, 15) is 27.2 Å². The highest BCUT2D eigenvalue weighted by molar-refractivity contribution is 8.00. The van der Waals surface area contributed by atoms with Crippen molar-refractivity contribution < 1.29 is 27.2 Å². The number of piperazine rings is 1. The molecule has 2 amide bonds. The normalized spacial score (nSPS) is 14.8. The van der Waals surface area contributed by atoms with E-state index >= 15 is 0 Å². The van der Waals surface area contributed by atoms with Crippen molar-refractivity contribution in [3.63, 3.8) is 0 Å². The lowest BCUT2D eigenvalue weighted by Crippen LogP contribution is -2.50. The summed E-state index contributed by atoms with van der Waals surface area (Å²) in [4.78, 5) is 28.0. The number of alkyl halides is 3. The van der Waals surface area contributed by atoms with Crippen molar-refractivity contribution in [2.75, 3.05) is 26.2 Å². The highest BCUT2D eigenvalue weighted by Gasteiger charge is 2.33. The fourth-order valence-corrected chi connectivity index (χ4v) is 3.88. The third-order valence-electron chi connectivity index (χ3n) is 4.36. The van der Waals surface area contributed by atoms with Crippen LogP contribution in [0.5, 0.6) is 0 Å². The van der Waals surface area contributed by atoms with Crippen LogP contribution in [0.15, 0.2) is 47.4 Å². The maximum absolute atomic E-state index is 13.2. The molecule has 10 heteroatoms. The number of hydrogen-bond donors (Lipinski definition) is 0. The molecule has 0 aromatic heterocycles. The molecule has 0 bridgehead atoms. The standard InChI is InChI=1S/C19H15ClF4N2O2S/c20-15-11-12(21)5-6-13(15)17(27)25-7-9-26(10-8-25)18(28)14-3-1-2-4-16(14)29-19(22,23)24/h1-6,11H,7-10H2. The largest absolute Gasteiger partial charge is 0.446 e. The Labute approximate surface area is 173 Å². The molecule has 0 radical (unpaired) electrons. The zero-order valence-electron chi connectivity index (χ0n) is 14.9. The first-order valence-electron chi connectivity index (χ1n) is 8.54. The van der Waals surface area contributed by atoms with E-state index in [1.54, 1.807) is 0 Å². The predicted octanol–water partition coefficient (Wildman–Crippen LogP) is 4.69. The maximum Gasteiger partial charge on any atom is 0.446 e. The van der Waals surface area contributed by atoms with Crippen LogP contribution in [-0.2, 0) is 0 Å². The molecular weight excluding hydrogens is 432 g/mol. The first kappa shape index (κ1) is 21.4. The number of amides is 2. The van der Waals surface area contributed by atoms with Gasteiger partial charge in [0.05, 0.1) is 16.1 Å². The molecule has 0 saturated carbocycles. The Morgan fingerprint density at radius 2 is 1.45 bits per heavy atom. The Bertz CT molecular complexity index is 931. The van der Waals surface area contributed by atoms with Crippen LogP contribution in [0.1, 0.15) is 20.7 Å². The van der Waals surface area contributed by atoms with Crippen LogP contribution in [0.4, 0.5) is 17.6 Å². The lowest BCUT2D eigenvalue weighted by molar-refractivity contribution is -0.0328. The van der Waals surface area contributed by atoms with Gasteiger partial charge in [0.15, 0.2) is 0 Å². The molecular formula is C19H15ClF4N2O2S. The Balaban J connectivity index is 1.68. The number of nitrogens with zero attached hydrogens (tertiary/aromatic N) is 2. The average Bonchev–Trinajstić information content (AvgIpc) is 2.66. The number of thioether (sulfide) groups is 1. The van der Waals surface area contributed by atoms with Gasteiger partial charge in [0.25, 0.3) is 11.8 Å². The van der Waals surface area contributed by atoms with E-state index in [4.69, 9.17) is 11.6 Å². The predicted molar refractivity (Wildman–Crippen MR) is 102 cm³/mol. The van der Waals surface area contributed by atoms with Gasteiger partial charge in [-0.3, -0.25) is 9.59 Å². The third-order valence-corrected chi connectivity index (χ3v) is 5.48. The smallest absolute Gasteiger partial charge is 0.335 e. The SMILES string of the molecule is O=C(c1ccc(F)cc1Cl)N1CCN(C(=O)c2ccccc2SC(F)(F)F)CC1. The summed E-state index contributed by atoms with van der Waals surface area (Å²) in [6.45, 7) is 0.697. The molecule has 1 saturated heterocycles. The van der Waals surface area contributed by atoms with E-state index in [2.05, 4.69) is 0 Å². The Hall–Kier alpha value is -2.26. The van der Waals surface area contributed by atoms with Gasteiger partial charge in [-0.05, 0) is 42.1 Å². The monoisotopic (exact) mass is 446 g/mol. The maximum atomic E-state index is 13.2. The first-order valence-corrected chi connectivity index (χ1v) is 9.73. The topological polar surface area (TPSA) is 40.6 Å². The minimum absolute atomic E-state index is 0.00777. The summed E-state index contributed by atoms with van der Waals surface area (Å²) in [5.74, 6) is -1.48. The van der Waals surface area contributed by atoms with Crippen LogP contribution >= 0.6 is 23.4 Å². The minimum Gasteiger partial charge on any atom is -0.335 e. The van der Waals surface area contributed by atoms with Crippen molar-refractivity contribution in [2.24, 2.45) is 0 Å². The summed E-state index contributed by atoms with van der Waals surface area (Å²) in [7, 11) is 0. The lowest BCUT2D eigenvalue weighted by atomic mass is 10.1. The van der Waals surface area contributed by atoms with Gasteiger partial charge in [-0.1, -0.05) is 23.7 Å². The molecule has 1 aliphatic heterocycles. The molecule has 0 spiro atoms. The molecule has 29 heavy (non-hydrogen) atoms. The van der Waals surface area contributed by atoms with Crippen LogP contribution < -0.4 is 0 Å². The van der Waals surface area contributed by atoms with Crippen LogP contribution in [0.25, 0.3) is 0 Å². The van der Waals surface area contributed by atoms with Crippen molar-refractivity contribution in [1.29, 1.82) is 0 Å². The van der Waals surface area contributed by atoms with Crippen molar-refractivity contribution in [1.82, 2.24) is 9.80 Å². The number of hydrogen-bond acceptors (Lipinski definition) is 3. The van der Waals surface area contributed by atoms with Crippen molar-refractivity contribution >= 4 is 35.2 Å². The van der Waals surface area contributed by atoms with Gasteiger partial charge < -0.3 is 9.80 Å². The summed E-state index contributed by atoms with van der Waals surface area (Å²) in [5.41, 5.74) is -4.38. The van der Waals surface area contributed by atoms with Gasteiger partial charge in [0.1, 0.15) is 5.82 Å². The minimum atomic E-state index is -4.50. The second kappa shape index (κ2) is 8.62. The van der Waals surface area contributed by atoms with Gasteiger partial charge in [-0.2, -0.15) is 13.2 Å². The van der Waals surface area contributed by atoms with E-state index in [1.165, 1.54) is 40.1 Å². The van der Waals surface area contributed by atoms with Crippen molar-refractivity contribution in [3.8, 4) is 0 Å². The Morgan fingerprint density at radius 3 is 2.00 bits per heavy atom. The molecule has 2 aromatic carbocycles. The van der Waals surface area contributed by atoms with Crippen molar-refractivity contribution in [2.45, 2.75) is 10.4 Å². The molecule has 3 rings (SSSR count). The van der Waals surface area contributed by atoms with E-state index in [0.717, 1.165) is 12.1 Å². The highest BCUT2D eigenvalue weighted by atomic mass is 35.5. The Kier molecular flexibility index (Phi) is 6.38. The van der Waals surface area contributed by atoms with Gasteiger partial charge in [-0.25, -0.2) is 4.39 Å². The average molecular weight is 447 g/mol. The number of rotatable bonds is 3. The summed E-state index contributed by atoms with van der Waals surface area (Å²) in [6, 6.07) is 9.02. The summed E-state index contributed by atoms with van der Waals surface area (Å²) >= 11 is 5.59. The fraction of sp³-hybridized carbons (Fsp3) is 0.263. The molecule has 0 aliphatic carbocycles. The number of carbonyl (C=O) groups is 2. The van der Waals surface area contributed by atoms with Gasteiger partial charge in [0.2, 0.25) is 0 Å².